The average molecular weight is 457 g/mol. The van der Waals surface area contributed by atoms with Crippen molar-refractivity contribution < 1.29 is 27.8 Å². The van der Waals surface area contributed by atoms with E-state index < -0.39 is 6.61 Å². The zero-order chi connectivity index (χ0) is 22.8. The van der Waals surface area contributed by atoms with Crippen LogP contribution in [0.3, 0.4) is 0 Å². The molecule has 11 heteroatoms. The van der Waals surface area contributed by atoms with E-state index in [0.29, 0.717) is 31.9 Å². The molecule has 2 aliphatic rings. The van der Waals surface area contributed by atoms with Crippen LogP contribution in [0.4, 0.5) is 8.78 Å². The molecule has 0 aliphatic carbocycles. The largest absolute Gasteiger partial charge is 0.491 e. The Morgan fingerprint density at radius 3 is 3.00 bits per heavy atom. The van der Waals surface area contributed by atoms with Gasteiger partial charge in [-0.25, -0.2) is 4.68 Å². The Hall–Kier alpha value is -3.60. The number of amides is 1. The Balaban J connectivity index is 1.19. The number of fused-ring (bicyclic) bond motifs is 2. The van der Waals surface area contributed by atoms with Gasteiger partial charge in [0.25, 0.3) is 5.91 Å². The molecule has 9 nitrogen and oxygen atoms in total. The summed E-state index contributed by atoms with van der Waals surface area (Å²) < 4.78 is 41.5. The molecule has 0 spiro atoms. The molecule has 0 saturated heterocycles. The maximum atomic E-state index is 12.7. The highest BCUT2D eigenvalue weighted by molar-refractivity contribution is 5.92. The molecule has 1 aromatic carbocycles. The number of nitrogens with zero attached hydrogens (tertiary/aromatic N) is 4. The Bertz CT molecular complexity index is 1120. The van der Waals surface area contributed by atoms with E-state index in [1.165, 1.54) is 0 Å². The first-order chi connectivity index (χ1) is 16.0. The third kappa shape index (κ3) is 4.77. The van der Waals surface area contributed by atoms with Crippen molar-refractivity contribution in [3.8, 4) is 22.9 Å². The minimum Gasteiger partial charge on any atom is -0.491 e. The maximum absolute atomic E-state index is 12.7. The van der Waals surface area contributed by atoms with E-state index in [9.17, 15) is 13.6 Å². The van der Waals surface area contributed by atoms with Crippen LogP contribution in [0.25, 0.3) is 11.3 Å². The highest BCUT2D eigenvalue weighted by atomic mass is 19.3. The van der Waals surface area contributed by atoms with Crippen LogP contribution in [-0.2, 0) is 17.7 Å². The molecule has 1 amide bonds. The lowest BCUT2D eigenvalue weighted by atomic mass is 9.99. The molecule has 172 valence electrons. The zero-order valence-corrected chi connectivity index (χ0v) is 17.5. The van der Waals surface area contributed by atoms with Crippen LogP contribution >= 0.6 is 0 Å². The molecule has 4 heterocycles. The van der Waals surface area contributed by atoms with Crippen molar-refractivity contribution in [1.82, 2.24) is 25.1 Å². The molecule has 2 aromatic heterocycles. The molecule has 0 fully saturated rings. The van der Waals surface area contributed by atoms with Gasteiger partial charge in [0.2, 0.25) is 5.88 Å². The maximum Gasteiger partial charge on any atom is 0.345 e. The zero-order valence-electron chi connectivity index (χ0n) is 17.5. The summed E-state index contributed by atoms with van der Waals surface area (Å²) >= 11 is 0. The first-order valence-electron chi connectivity index (χ1n) is 10.5. The number of nitrogens with one attached hydrogen (secondary N) is 1. The second kappa shape index (κ2) is 9.10. The van der Waals surface area contributed by atoms with Gasteiger partial charge in [0, 0.05) is 30.4 Å². The standard InChI is InChI=1S/C22H21F2N5O4/c23-22(24)31-6-3-16-11-29-20(33-16)9-17(28-29)21(30)27-15-8-14-7-13(1-2-19(14)32-12-15)18-10-25-4-5-26-18/h1-2,4-5,7,9-10,15-16,22H,3,6,8,11-12H2,(H,27,30)/t15-,16?/m1/s1. The predicted molar refractivity (Wildman–Crippen MR) is 111 cm³/mol. The van der Waals surface area contributed by atoms with E-state index in [1.54, 1.807) is 29.3 Å². The Labute approximate surface area is 187 Å². The number of aromatic nitrogens is 4. The van der Waals surface area contributed by atoms with Crippen molar-refractivity contribution in [3.63, 3.8) is 0 Å². The third-order valence-corrected chi connectivity index (χ3v) is 5.48. The van der Waals surface area contributed by atoms with Crippen LogP contribution in [0.15, 0.2) is 42.9 Å². The molecule has 2 aliphatic heterocycles. The lowest BCUT2D eigenvalue weighted by Gasteiger charge is -2.26. The van der Waals surface area contributed by atoms with Gasteiger partial charge < -0.3 is 19.5 Å². The highest BCUT2D eigenvalue weighted by Crippen LogP contribution is 2.30. The lowest BCUT2D eigenvalue weighted by molar-refractivity contribution is -0.132. The fourth-order valence-corrected chi connectivity index (χ4v) is 3.93. The van der Waals surface area contributed by atoms with Crippen molar-refractivity contribution in [2.45, 2.75) is 38.1 Å². The number of hydrogen-bond acceptors (Lipinski definition) is 7. The van der Waals surface area contributed by atoms with Crippen molar-refractivity contribution in [1.29, 1.82) is 0 Å². The van der Waals surface area contributed by atoms with E-state index in [2.05, 4.69) is 25.1 Å². The smallest absolute Gasteiger partial charge is 0.345 e. The molecule has 1 unspecified atom stereocenters. The number of ether oxygens (including phenoxy) is 3. The van der Waals surface area contributed by atoms with E-state index in [-0.39, 0.29) is 30.4 Å². The Kier molecular flexibility index (Phi) is 5.86. The number of carbonyl (C=O) groups excluding carboxylic acids is 1. The monoisotopic (exact) mass is 457 g/mol. The normalized spacial score (nSPS) is 18.9. The summed E-state index contributed by atoms with van der Waals surface area (Å²) in [5.74, 6) is 0.880. The molecule has 0 radical (unpaired) electrons. The molecule has 33 heavy (non-hydrogen) atoms. The first-order valence-corrected chi connectivity index (χ1v) is 10.5. The Morgan fingerprint density at radius 1 is 1.30 bits per heavy atom. The molecule has 3 aromatic rings. The van der Waals surface area contributed by atoms with Crippen LogP contribution in [0.1, 0.15) is 22.5 Å². The number of carbonyl (C=O) groups is 1. The van der Waals surface area contributed by atoms with Crippen molar-refractivity contribution in [3.05, 3.63) is 54.1 Å². The van der Waals surface area contributed by atoms with E-state index >= 15 is 0 Å². The van der Waals surface area contributed by atoms with Crippen LogP contribution in [-0.4, -0.2) is 57.6 Å². The summed E-state index contributed by atoms with van der Waals surface area (Å²) in [6.07, 6.45) is 5.56. The van der Waals surface area contributed by atoms with Crippen molar-refractivity contribution >= 4 is 5.91 Å². The second-order valence-electron chi connectivity index (χ2n) is 7.81. The predicted octanol–water partition coefficient (Wildman–Crippen LogP) is 2.46. The van der Waals surface area contributed by atoms with Crippen LogP contribution < -0.4 is 14.8 Å². The molecule has 5 rings (SSSR count). The fourth-order valence-electron chi connectivity index (χ4n) is 3.93. The van der Waals surface area contributed by atoms with Gasteiger partial charge in [-0.05, 0) is 30.2 Å². The van der Waals surface area contributed by atoms with Crippen LogP contribution in [0.2, 0.25) is 0 Å². The van der Waals surface area contributed by atoms with Gasteiger partial charge >= 0.3 is 6.61 Å². The first kappa shape index (κ1) is 21.3. The quantitative estimate of drug-likeness (QED) is 0.582. The minimum atomic E-state index is -2.80. The number of alkyl halides is 2. The number of rotatable bonds is 7. The van der Waals surface area contributed by atoms with Crippen molar-refractivity contribution in [2.24, 2.45) is 0 Å². The molecule has 2 atom stereocenters. The second-order valence-corrected chi connectivity index (χ2v) is 7.81. The van der Waals surface area contributed by atoms with Gasteiger partial charge in [0.15, 0.2) is 5.69 Å². The van der Waals surface area contributed by atoms with Gasteiger partial charge in [0.05, 0.1) is 31.1 Å². The number of benzene rings is 1. The van der Waals surface area contributed by atoms with E-state index in [4.69, 9.17) is 9.47 Å². The molecule has 0 bridgehead atoms. The summed E-state index contributed by atoms with van der Waals surface area (Å²) in [6, 6.07) is 7.15. The average Bonchev–Trinajstić information content (AvgIpc) is 3.38. The minimum absolute atomic E-state index is 0.109. The van der Waals surface area contributed by atoms with Crippen molar-refractivity contribution in [2.75, 3.05) is 13.2 Å². The summed E-state index contributed by atoms with van der Waals surface area (Å²) in [6.45, 7) is -2.18. The van der Waals surface area contributed by atoms with Gasteiger partial charge in [-0.15, -0.1) is 0 Å². The van der Waals surface area contributed by atoms with E-state index in [1.807, 2.05) is 18.2 Å². The summed E-state index contributed by atoms with van der Waals surface area (Å²) in [5.41, 5.74) is 2.89. The summed E-state index contributed by atoms with van der Waals surface area (Å²) in [4.78, 5) is 21.2. The molecular weight excluding hydrogens is 436 g/mol. The summed E-state index contributed by atoms with van der Waals surface area (Å²) in [5, 5.41) is 7.24. The number of hydrogen-bond donors (Lipinski definition) is 1. The SMILES string of the molecule is O=C(N[C@H]1COc2ccc(-c3cnccn3)cc2C1)c1cc2n(n1)CC(CCOC(F)F)O2. The highest BCUT2D eigenvalue weighted by Gasteiger charge is 2.28. The molecule has 1 N–H and O–H groups in total. The van der Waals surface area contributed by atoms with Gasteiger partial charge in [-0.2, -0.15) is 13.9 Å². The lowest BCUT2D eigenvalue weighted by Crippen LogP contribution is -2.43. The van der Waals surface area contributed by atoms with Gasteiger partial charge in [-0.1, -0.05) is 0 Å². The Morgan fingerprint density at radius 2 is 2.21 bits per heavy atom. The van der Waals surface area contributed by atoms with E-state index in [0.717, 1.165) is 22.6 Å². The van der Waals surface area contributed by atoms with Gasteiger partial charge in [-0.3, -0.25) is 14.8 Å². The van der Waals surface area contributed by atoms with Crippen LogP contribution in [0.5, 0.6) is 11.6 Å². The fraction of sp³-hybridized carbons (Fsp3) is 0.364. The summed E-state index contributed by atoms with van der Waals surface area (Å²) in [7, 11) is 0. The molecular formula is C22H21F2N5O4. The van der Waals surface area contributed by atoms with Gasteiger partial charge in [0.1, 0.15) is 18.5 Å². The molecule has 0 saturated carbocycles. The third-order valence-electron chi connectivity index (χ3n) is 5.48. The van der Waals surface area contributed by atoms with Crippen LogP contribution in [0, 0.1) is 0 Å². The number of halogens is 2. The topological polar surface area (TPSA) is 100 Å².